The molecule has 0 saturated carbocycles. The van der Waals surface area contributed by atoms with Crippen LogP contribution in [-0.4, -0.2) is 66.7 Å². The number of nitrogens with one attached hydrogen (secondary N) is 1. The lowest BCUT2D eigenvalue weighted by molar-refractivity contribution is -0.134. The first-order valence-corrected chi connectivity index (χ1v) is 12.8. The Morgan fingerprint density at radius 2 is 1.78 bits per heavy atom. The van der Waals surface area contributed by atoms with Crippen LogP contribution in [0.15, 0.2) is 35.5 Å². The van der Waals surface area contributed by atoms with Crippen LogP contribution >= 0.6 is 0 Å². The molecular formula is C27H38BN3O5. The van der Waals surface area contributed by atoms with Crippen LogP contribution in [0.25, 0.3) is 5.57 Å². The van der Waals surface area contributed by atoms with Crippen molar-refractivity contribution in [1.82, 2.24) is 10.2 Å². The van der Waals surface area contributed by atoms with E-state index in [0.717, 1.165) is 35.2 Å². The summed E-state index contributed by atoms with van der Waals surface area (Å²) in [5, 5.41) is 2.70. The summed E-state index contributed by atoms with van der Waals surface area (Å²) >= 11 is 0. The van der Waals surface area contributed by atoms with Gasteiger partial charge in [-0.2, -0.15) is 0 Å². The van der Waals surface area contributed by atoms with Gasteiger partial charge in [0.05, 0.1) is 24.4 Å². The Labute approximate surface area is 214 Å². The van der Waals surface area contributed by atoms with Crippen molar-refractivity contribution in [3.05, 3.63) is 36.0 Å². The highest BCUT2D eigenvalue weighted by Crippen LogP contribution is 2.37. The zero-order valence-corrected chi connectivity index (χ0v) is 22.5. The molecule has 3 heterocycles. The van der Waals surface area contributed by atoms with E-state index in [1.54, 1.807) is 0 Å². The van der Waals surface area contributed by atoms with Crippen LogP contribution in [0.5, 0.6) is 0 Å². The number of methoxy groups -OCH3 is 1. The van der Waals surface area contributed by atoms with E-state index in [2.05, 4.69) is 45.1 Å². The van der Waals surface area contributed by atoms with Crippen molar-refractivity contribution in [3.63, 3.8) is 0 Å². The first-order valence-electron chi connectivity index (χ1n) is 12.8. The lowest BCUT2D eigenvalue weighted by Crippen LogP contribution is -2.53. The average Bonchev–Trinajstić information content (AvgIpc) is 3.54. The molecule has 2 saturated heterocycles. The molecule has 2 atom stereocenters. The summed E-state index contributed by atoms with van der Waals surface area (Å²) in [6.45, 7) is 12.7. The molecule has 3 aliphatic rings. The molecule has 194 valence electrons. The minimum Gasteiger partial charge on any atom is -0.453 e. The number of amides is 2. The minimum atomic E-state index is -0.630. The highest BCUT2D eigenvalue weighted by Gasteiger charge is 2.51. The number of carbonyl (C=O) groups excluding carboxylic acids is 2. The van der Waals surface area contributed by atoms with Crippen molar-refractivity contribution in [1.29, 1.82) is 0 Å². The van der Waals surface area contributed by atoms with E-state index >= 15 is 0 Å². The van der Waals surface area contributed by atoms with Gasteiger partial charge in [0.1, 0.15) is 6.04 Å². The first-order chi connectivity index (χ1) is 16.9. The van der Waals surface area contributed by atoms with Gasteiger partial charge in [0.15, 0.2) is 0 Å². The molecule has 1 aromatic carbocycles. The number of carbonyl (C=O) groups is 2. The van der Waals surface area contributed by atoms with Gasteiger partial charge in [0, 0.05) is 24.9 Å². The van der Waals surface area contributed by atoms with Crippen molar-refractivity contribution >= 4 is 35.9 Å². The second-order valence-corrected chi connectivity index (χ2v) is 11.2. The number of hydrogen-bond donors (Lipinski definition) is 1. The van der Waals surface area contributed by atoms with Crippen molar-refractivity contribution in [2.24, 2.45) is 10.9 Å². The number of likely N-dealkylation sites (tertiary alicyclic amines) is 1. The fourth-order valence-electron chi connectivity index (χ4n) is 4.92. The highest BCUT2D eigenvalue weighted by atomic mass is 16.7. The molecule has 8 nitrogen and oxygen atoms in total. The second kappa shape index (κ2) is 10.0. The molecule has 0 aliphatic carbocycles. The molecule has 9 heteroatoms. The molecular weight excluding hydrogens is 457 g/mol. The number of allylic oxidation sites excluding steroid dienone is 1. The molecule has 0 spiro atoms. The van der Waals surface area contributed by atoms with Crippen molar-refractivity contribution in [2.75, 3.05) is 13.7 Å². The van der Waals surface area contributed by atoms with E-state index in [9.17, 15) is 9.59 Å². The van der Waals surface area contributed by atoms with Crippen LogP contribution in [0.4, 0.5) is 4.79 Å². The average molecular weight is 495 g/mol. The third-order valence-electron chi connectivity index (χ3n) is 7.88. The third kappa shape index (κ3) is 5.09. The largest absolute Gasteiger partial charge is 0.494 e. The minimum absolute atomic E-state index is 0.0560. The molecule has 3 aliphatic heterocycles. The van der Waals surface area contributed by atoms with Gasteiger partial charge in [-0.05, 0) is 63.1 Å². The van der Waals surface area contributed by atoms with E-state index < -0.39 is 12.1 Å². The van der Waals surface area contributed by atoms with Gasteiger partial charge >= 0.3 is 13.2 Å². The standard InChI is InChI=1S/C27H38BN3O5/c1-17(2)23(30-25(33)34-7)24(32)31-14-8-9-22(31)21-15-19(16-29-21)18-10-12-20(13-11-18)28-35-26(3,4)27(5,6)36-28/h10-13,16-17,22-23H,8-9,14-15H2,1-7H3,(H,30,33)/t22-,23?/m0/s1. The quantitative estimate of drug-likeness (QED) is 0.610. The first kappa shape index (κ1) is 26.4. The molecule has 2 amide bonds. The number of alkyl carbamates (subject to hydrolysis) is 1. The molecule has 36 heavy (non-hydrogen) atoms. The number of benzene rings is 1. The predicted molar refractivity (Wildman–Crippen MR) is 141 cm³/mol. The maximum atomic E-state index is 13.4. The number of rotatable bonds is 6. The zero-order chi connectivity index (χ0) is 26.3. The number of hydrogen-bond acceptors (Lipinski definition) is 6. The second-order valence-electron chi connectivity index (χ2n) is 11.2. The molecule has 0 radical (unpaired) electrons. The summed E-state index contributed by atoms with van der Waals surface area (Å²) in [4.78, 5) is 31.8. The van der Waals surface area contributed by atoms with E-state index in [4.69, 9.17) is 19.0 Å². The fourth-order valence-corrected chi connectivity index (χ4v) is 4.92. The van der Waals surface area contributed by atoms with Crippen LogP contribution in [0.1, 0.15) is 66.4 Å². The summed E-state index contributed by atoms with van der Waals surface area (Å²) in [6, 6.07) is 7.57. The highest BCUT2D eigenvalue weighted by molar-refractivity contribution is 6.62. The van der Waals surface area contributed by atoms with Crippen LogP contribution in [0.3, 0.4) is 0 Å². The monoisotopic (exact) mass is 495 g/mol. The van der Waals surface area contributed by atoms with Gasteiger partial charge in [-0.15, -0.1) is 0 Å². The van der Waals surface area contributed by atoms with Gasteiger partial charge < -0.3 is 24.3 Å². The van der Waals surface area contributed by atoms with Gasteiger partial charge in [-0.3, -0.25) is 9.79 Å². The number of ether oxygens (including phenoxy) is 1. The van der Waals surface area contributed by atoms with Crippen molar-refractivity contribution in [2.45, 2.75) is 84.1 Å². The van der Waals surface area contributed by atoms with Gasteiger partial charge in [-0.1, -0.05) is 38.1 Å². The fraction of sp³-hybridized carbons (Fsp3) is 0.593. The molecule has 4 rings (SSSR count). The summed E-state index contributed by atoms with van der Waals surface area (Å²) < 4.78 is 17.1. The Balaban J connectivity index is 1.41. The molecule has 1 N–H and O–H groups in total. The SMILES string of the molecule is COC(=O)NC(C(=O)N1CCC[C@H]1C1=NC=C(c2ccc(B3OC(C)(C)C(C)(C)O3)cc2)C1)C(C)C. The Hall–Kier alpha value is -2.65. The van der Waals surface area contributed by atoms with E-state index in [1.165, 1.54) is 7.11 Å². The molecule has 1 aromatic rings. The molecule has 0 aromatic heterocycles. The third-order valence-corrected chi connectivity index (χ3v) is 7.88. The molecule has 0 bridgehead atoms. The van der Waals surface area contributed by atoms with Crippen LogP contribution in [0, 0.1) is 5.92 Å². The van der Waals surface area contributed by atoms with Crippen molar-refractivity contribution in [3.8, 4) is 0 Å². The van der Waals surface area contributed by atoms with Gasteiger partial charge in [0.25, 0.3) is 0 Å². The van der Waals surface area contributed by atoms with E-state index in [-0.39, 0.29) is 36.2 Å². The van der Waals surface area contributed by atoms with Crippen LogP contribution in [0.2, 0.25) is 0 Å². The van der Waals surface area contributed by atoms with Crippen LogP contribution < -0.4 is 10.8 Å². The Morgan fingerprint density at radius 1 is 1.14 bits per heavy atom. The summed E-state index contributed by atoms with van der Waals surface area (Å²) in [7, 11) is 0.914. The Kier molecular flexibility index (Phi) is 7.35. The van der Waals surface area contributed by atoms with Crippen molar-refractivity contribution < 1.29 is 23.6 Å². The summed E-state index contributed by atoms with van der Waals surface area (Å²) in [5.41, 5.74) is 3.45. The lowest BCUT2D eigenvalue weighted by Gasteiger charge is -2.32. The zero-order valence-electron chi connectivity index (χ0n) is 22.5. The Morgan fingerprint density at radius 3 is 2.36 bits per heavy atom. The summed E-state index contributed by atoms with van der Waals surface area (Å²) in [5.74, 6) is -0.139. The van der Waals surface area contributed by atoms with Crippen LogP contribution in [-0.2, 0) is 18.8 Å². The number of aliphatic imine (C=N–C) groups is 1. The Bertz CT molecular complexity index is 1050. The van der Waals surface area contributed by atoms with Gasteiger partial charge in [0.2, 0.25) is 5.91 Å². The number of nitrogens with zero attached hydrogens (tertiary/aromatic N) is 2. The summed E-state index contributed by atoms with van der Waals surface area (Å²) in [6.07, 6.45) is 3.80. The smallest absolute Gasteiger partial charge is 0.453 e. The topological polar surface area (TPSA) is 89.5 Å². The van der Waals surface area contributed by atoms with E-state index in [1.807, 2.05) is 37.1 Å². The van der Waals surface area contributed by atoms with E-state index in [0.29, 0.717) is 13.0 Å². The molecule has 1 unspecified atom stereocenters. The maximum Gasteiger partial charge on any atom is 0.494 e. The lowest BCUT2D eigenvalue weighted by atomic mass is 9.78. The van der Waals surface area contributed by atoms with Gasteiger partial charge in [-0.25, -0.2) is 4.79 Å². The molecule has 2 fully saturated rings. The normalized spacial score (nSPS) is 23.5. The maximum absolute atomic E-state index is 13.4. The predicted octanol–water partition coefficient (Wildman–Crippen LogP) is 3.54.